The summed E-state index contributed by atoms with van der Waals surface area (Å²) in [6.07, 6.45) is 4.42. The lowest BCUT2D eigenvalue weighted by atomic mass is 10.4. The molecular weight excluding hydrogens is 182 g/mol. The fraction of sp³-hybridized carbons (Fsp3) is 0.600. The molecule has 0 saturated carbocycles. The topological polar surface area (TPSA) is 0 Å². The molecule has 0 heterocycles. The first kappa shape index (κ1) is 12.0. The molecule has 2 heteroatoms. The van der Waals surface area contributed by atoms with Crippen molar-refractivity contribution < 1.29 is 0 Å². The molecular formula is C10H16P2. The Morgan fingerprint density at radius 2 is 1.25 bits per heavy atom. The van der Waals surface area contributed by atoms with E-state index in [-0.39, 0.29) is 0 Å². The maximum atomic E-state index is 3.15. The van der Waals surface area contributed by atoms with Crippen molar-refractivity contribution in [3.63, 3.8) is 0 Å². The van der Waals surface area contributed by atoms with Gasteiger partial charge in [0.15, 0.2) is 0 Å². The van der Waals surface area contributed by atoms with Gasteiger partial charge in [-0.2, -0.15) is 0 Å². The highest BCUT2D eigenvalue weighted by atomic mass is 32.0. The van der Waals surface area contributed by atoms with Gasteiger partial charge in [0.05, 0.1) is 0 Å². The Bertz CT molecular complexity index is 175. The number of hydrogen-bond acceptors (Lipinski definition) is 0. The average Bonchev–Trinajstić information content (AvgIpc) is 2.10. The van der Waals surface area contributed by atoms with E-state index in [0.717, 1.165) is 29.4 Å². The van der Waals surface area contributed by atoms with Crippen molar-refractivity contribution >= 4 is 16.5 Å². The third kappa shape index (κ3) is 9.98. The van der Waals surface area contributed by atoms with Gasteiger partial charge in [0.25, 0.3) is 0 Å². The number of unbranched alkanes of at least 4 members (excludes halogenated alkanes) is 2. The third-order valence-corrected chi connectivity index (χ3v) is 2.97. The molecule has 0 aliphatic heterocycles. The lowest BCUT2D eigenvalue weighted by Gasteiger charge is -1.81. The average molecular weight is 198 g/mol. The molecule has 0 bridgehead atoms. The summed E-state index contributed by atoms with van der Waals surface area (Å²) in [6, 6.07) is 0. The van der Waals surface area contributed by atoms with E-state index >= 15 is 0 Å². The molecule has 66 valence electrons. The summed E-state index contributed by atoms with van der Waals surface area (Å²) in [5.74, 6) is 6.25. The van der Waals surface area contributed by atoms with Gasteiger partial charge in [-0.25, -0.2) is 0 Å². The zero-order valence-corrected chi connectivity index (χ0v) is 9.83. The van der Waals surface area contributed by atoms with Gasteiger partial charge in [0, 0.05) is 12.8 Å². The smallest absolute Gasteiger partial charge is 0.00895 e. The lowest BCUT2D eigenvalue weighted by Crippen LogP contribution is -1.57. The Kier molecular flexibility index (Phi) is 11.0. The first-order valence-electron chi connectivity index (χ1n) is 4.37. The van der Waals surface area contributed by atoms with Crippen LogP contribution in [0.25, 0.3) is 0 Å². The number of rotatable bonds is 3. The summed E-state index contributed by atoms with van der Waals surface area (Å²) in [4.78, 5) is 0. The van der Waals surface area contributed by atoms with Gasteiger partial charge >= 0.3 is 0 Å². The second-order valence-electron chi connectivity index (χ2n) is 2.35. The van der Waals surface area contributed by atoms with Crippen LogP contribution in [0.5, 0.6) is 0 Å². The molecule has 0 saturated heterocycles. The summed E-state index contributed by atoms with van der Waals surface area (Å²) in [5.41, 5.74) is 6.30. The van der Waals surface area contributed by atoms with Gasteiger partial charge in [-0.05, 0) is 29.4 Å². The molecule has 0 spiro atoms. The quantitative estimate of drug-likeness (QED) is 0.368. The van der Waals surface area contributed by atoms with Gasteiger partial charge in [-0.3, -0.25) is 0 Å². The largest absolute Gasteiger partial charge is 0.0986 e. The summed E-state index contributed by atoms with van der Waals surface area (Å²) in [7, 11) is 1.49. The maximum Gasteiger partial charge on any atom is 0.00895 e. The van der Waals surface area contributed by atoms with Crippen LogP contribution in [0.2, 0.25) is 0 Å². The van der Waals surface area contributed by atoms with Crippen LogP contribution in [0.15, 0.2) is 0 Å². The van der Waals surface area contributed by atoms with Crippen LogP contribution < -0.4 is 0 Å². The Labute approximate surface area is 79.7 Å². The molecule has 0 fully saturated rings. The van der Waals surface area contributed by atoms with E-state index in [4.69, 9.17) is 0 Å². The highest BCUT2D eigenvalue weighted by Crippen LogP contribution is 2.33. The van der Waals surface area contributed by atoms with Crippen molar-refractivity contribution in [2.24, 2.45) is 0 Å². The van der Waals surface area contributed by atoms with Crippen molar-refractivity contribution in [1.82, 2.24) is 0 Å². The zero-order chi connectivity index (χ0) is 9.07. The Morgan fingerprint density at radius 3 is 1.58 bits per heavy atom. The monoisotopic (exact) mass is 198 g/mol. The number of hydrogen-bond donors (Lipinski definition) is 0. The van der Waals surface area contributed by atoms with Crippen molar-refractivity contribution in [3.8, 4) is 23.2 Å². The van der Waals surface area contributed by atoms with Crippen molar-refractivity contribution in [2.45, 2.75) is 39.5 Å². The van der Waals surface area contributed by atoms with Crippen LogP contribution in [0.3, 0.4) is 0 Å². The molecule has 0 aliphatic rings. The Hall–Kier alpha value is -0.0200. The van der Waals surface area contributed by atoms with Crippen molar-refractivity contribution in [3.05, 3.63) is 0 Å². The molecule has 2 unspecified atom stereocenters. The lowest BCUT2D eigenvalue weighted by molar-refractivity contribution is 0.984. The van der Waals surface area contributed by atoms with Crippen LogP contribution in [0.1, 0.15) is 39.5 Å². The molecule has 0 N–H and O–H groups in total. The highest BCUT2D eigenvalue weighted by molar-refractivity contribution is 8.16. The SMILES string of the molecule is CCCC#CPPC#CCCC. The van der Waals surface area contributed by atoms with Crippen molar-refractivity contribution in [1.29, 1.82) is 0 Å². The molecule has 0 aromatic heterocycles. The van der Waals surface area contributed by atoms with Crippen LogP contribution >= 0.6 is 16.5 Å². The standard InChI is InChI=1S/C10H16P2/c1-3-5-7-9-11-12-10-8-6-4-2/h11-12H,3-6H2,1-2H3. The van der Waals surface area contributed by atoms with E-state index in [1.807, 2.05) is 0 Å². The molecule has 0 aromatic rings. The van der Waals surface area contributed by atoms with Gasteiger partial charge in [0.2, 0.25) is 0 Å². The normalized spacial score (nSPS) is 9.83. The van der Waals surface area contributed by atoms with Gasteiger partial charge in [0.1, 0.15) is 0 Å². The second-order valence-corrected chi connectivity index (χ2v) is 4.85. The predicted molar refractivity (Wildman–Crippen MR) is 62.0 cm³/mol. The van der Waals surface area contributed by atoms with Crippen LogP contribution in [-0.4, -0.2) is 0 Å². The minimum Gasteiger partial charge on any atom is -0.0986 e. The fourth-order valence-corrected chi connectivity index (χ4v) is 1.98. The summed E-state index contributed by atoms with van der Waals surface area (Å²) in [5, 5.41) is 0. The molecule has 0 aliphatic carbocycles. The van der Waals surface area contributed by atoms with Crippen LogP contribution in [-0.2, 0) is 0 Å². The predicted octanol–water partition coefficient (Wildman–Crippen LogP) is 3.78. The fourth-order valence-electron chi connectivity index (χ4n) is 0.526. The Morgan fingerprint density at radius 1 is 0.833 bits per heavy atom. The minimum absolute atomic E-state index is 0.746. The molecule has 0 radical (unpaired) electrons. The van der Waals surface area contributed by atoms with Crippen LogP contribution in [0, 0.1) is 23.2 Å². The molecule has 2 atom stereocenters. The summed E-state index contributed by atoms with van der Waals surface area (Å²) >= 11 is 0. The van der Waals surface area contributed by atoms with E-state index in [0.29, 0.717) is 0 Å². The minimum atomic E-state index is 0.746. The molecule has 0 rings (SSSR count). The molecule has 0 nitrogen and oxygen atoms in total. The summed E-state index contributed by atoms with van der Waals surface area (Å²) < 4.78 is 0. The third-order valence-electron chi connectivity index (χ3n) is 1.11. The molecule has 12 heavy (non-hydrogen) atoms. The van der Waals surface area contributed by atoms with Gasteiger partial charge in [-0.15, -0.1) is 0 Å². The second kappa shape index (κ2) is 11.0. The Balaban J connectivity index is 3.23. The molecule has 0 aromatic carbocycles. The van der Waals surface area contributed by atoms with E-state index in [1.165, 1.54) is 12.8 Å². The molecule has 0 amide bonds. The van der Waals surface area contributed by atoms with Crippen LogP contribution in [0.4, 0.5) is 0 Å². The van der Waals surface area contributed by atoms with Gasteiger partial charge in [-0.1, -0.05) is 37.0 Å². The highest BCUT2D eigenvalue weighted by Gasteiger charge is 1.74. The first-order chi connectivity index (χ1) is 5.91. The van der Waals surface area contributed by atoms with E-state index in [9.17, 15) is 0 Å². The maximum absolute atomic E-state index is 3.15. The van der Waals surface area contributed by atoms with E-state index in [1.54, 1.807) is 0 Å². The van der Waals surface area contributed by atoms with Crippen molar-refractivity contribution in [2.75, 3.05) is 0 Å². The zero-order valence-electron chi connectivity index (χ0n) is 7.83. The summed E-state index contributed by atoms with van der Waals surface area (Å²) in [6.45, 7) is 4.31. The van der Waals surface area contributed by atoms with E-state index in [2.05, 4.69) is 37.0 Å². The van der Waals surface area contributed by atoms with E-state index < -0.39 is 0 Å². The first-order valence-corrected chi connectivity index (χ1v) is 7.37. The van der Waals surface area contributed by atoms with Gasteiger partial charge < -0.3 is 0 Å².